The van der Waals surface area contributed by atoms with Crippen LogP contribution in [0.5, 0.6) is 5.75 Å². The summed E-state index contributed by atoms with van der Waals surface area (Å²) < 4.78 is 6.47. The third kappa shape index (κ3) is 5.59. The van der Waals surface area contributed by atoms with Crippen molar-refractivity contribution < 1.29 is 14.3 Å². The first-order chi connectivity index (χ1) is 12.2. The summed E-state index contributed by atoms with van der Waals surface area (Å²) in [6, 6.07) is 14.3. The molecule has 0 heterocycles. The second-order valence-electron chi connectivity index (χ2n) is 6.96. The molecule has 0 radical (unpaired) electrons. The smallest absolute Gasteiger partial charge is 0.265 e. The summed E-state index contributed by atoms with van der Waals surface area (Å²) in [4.78, 5) is 24.3. The topological polar surface area (TPSA) is 67.4 Å². The van der Waals surface area contributed by atoms with Crippen molar-refractivity contribution in [1.29, 1.82) is 0 Å². The number of carbonyl (C=O) groups excluding carboxylic acids is 2. The van der Waals surface area contributed by atoms with Crippen molar-refractivity contribution in [2.24, 2.45) is 5.41 Å². The van der Waals surface area contributed by atoms with E-state index in [1.165, 1.54) is 0 Å². The van der Waals surface area contributed by atoms with Crippen molar-refractivity contribution in [2.45, 2.75) is 33.8 Å². The Hall–Kier alpha value is -2.34. The Morgan fingerprint density at radius 3 is 2.04 bits per heavy atom. The van der Waals surface area contributed by atoms with E-state index in [0.29, 0.717) is 17.1 Å². The first-order valence-corrected chi connectivity index (χ1v) is 9.09. The molecule has 6 heteroatoms. The van der Waals surface area contributed by atoms with E-state index in [2.05, 4.69) is 26.6 Å². The van der Waals surface area contributed by atoms with Gasteiger partial charge in [0, 0.05) is 16.8 Å². The van der Waals surface area contributed by atoms with Gasteiger partial charge in [0.25, 0.3) is 5.91 Å². The zero-order valence-corrected chi connectivity index (χ0v) is 16.9. The van der Waals surface area contributed by atoms with Crippen molar-refractivity contribution in [1.82, 2.24) is 0 Å². The molecule has 0 saturated carbocycles. The Morgan fingerprint density at radius 2 is 1.50 bits per heavy atom. The molecule has 2 aromatic rings. The third-order valence-corrected chi connectivity index (χ3v) is 4.26. The zero-order chi connectivity index (χ0) is 19.3. The van der Waals surface area contributed by atoms with E-state index in [-0.39, 0.29) is 11.8 Å². The number of anilines is 2. The number of para-hydroxylation sites is 1. The number of benzene rings is 2. The Labute approximate surface area is 162 Å². The van der Waals surface area contributed by atoms with Gasteiger partial charge in [-0.3, -0.25) is 9.59 Å². The zero-order valence-electron chi connectivity index (χ0n) is 15.3. The second-order valence-corrected chi connectivity index (χ2v) is 7.82. The summed E-state index contributed by atoms with van der Waals surface area (Å²) in [6.45, 7) is 7.24. The molecule has 1 unspecified atom stereocenters. The first kappa shape index (κ1) is 20.0. The second kappa shape index (κ2) is 8.36. The van der Waals surface area contributed by atoms with E-state index in [9.17, 15) is 9.59 Å². The summed E-state index contributed by atoms with van der Waals surface area (Å²) >= 11 is 3.39. The molecular weight excluding hydrogens is 396 g/mol. The molecule has 2 rings (SSSR count). The lowest BCUT2D eigenvalue weighted by Crippen LogP contribution is -2.30. The quantitative estimate of drug-likeness (QED) is 0.729. The highest BCUT2D eigenvalue weighted by molar-refractivity contribution is 9.10. The molecule has 0 saturated heterocycles. The number of ether oxygens (including phenoxy) is 1. The van der Waals surface area contributed by atoms with Gasteiger partial charge in [-0.05, 0) is 59.3 Å². The average Bonchev–Trinajstić information content (AvgIpc) is 2.57. The number of rotatable bonds is 5. The minimum atomic E-state index is -0.658. The predicted molar refractivity (Wildman–Crippen MR) is 107 cm³/mol. The molecule has 138 valence electrons. The van der Waals surface area contributed by atoms with Gasteiger partial charge in [-0.15, -0.1) is 0 Å². The lowest BCUT2D eigenvalue weighted by atomic mass is 9.95. The highest BCUT2D eigenvalue weighted by atomic mass is 79.9. The maximum absolute atomic E-state index is 12.3. The molecule has 2 N–H and O–H groups in total. The number of carbonyl (C=O) groups is 2. The van der Waals surface area contributed by atoms with Crippen molar-refractivity contribution in [3.63, 3.8) is 0 Å². The van der Waals surface area contributed by atoms with Gasteiger partial charge in [0.2, 0.25) is 5.91 Å². The molecule has 0 aliphatic carbocycles. The fourth-order valence-electron chi connectivity index (χ4n) is 1.98. The van der Waals surface area contributed by atoms with Gasteiger partial charge in [-0.25, -0.2) is 0 Å². The van der Waals surface area contributed by atoms with Crippen LogP contribution in [0.2, 0.25) is 0 Å². The number of nitrogens with one attached hydrogen (secondary N) is 2. The van der Waals surface area contributed by atoms with Crippen LogP contribution >= 0.6 is 15.9 Å². The van der Waals surface area contributed by atoms with Gasteiger partial charge in [0.1, 0.15) is 5.75 Å². The Balaban J connectivity index is 1.94. The van der Waals surface area contributed by atoms with E-state index in [1.807, 2.05) is 39.0 Å². The molecule has 0 aromatic heterocycles. The molecular formula is C20H23BrN2O3. The van der Waals surface area contributed by atoms with Crippen molar-refractivity contribution in [2.75, 3.05) is 10.6 Å². The fraction of sp³-hybridized carbons (Fsp3) is 0.300. The first-order valence-electron chi connectivity index (χ1n) is 8.30. The number of halogens is 1. The normalized spacial score (nSPS) is 12.2. The number of amides is 2. The van der Waals surface area contributed by atoms with Crippen LogP contribution in [0.25, 0.3) is 0 Å². The van der Waals surface area contributed by atoms with Crippen LogP contribution in [0.4, 0.5) is 11.4 Å². The molecule has 26 heavy (non-hydrogen) atoms. The highest BCUT2D eigenvalue weighted by Crippen LogP contribution is 2.25. The van der Waals surface area contributed by atoms with E-state index in [1.54, 1.807) is 37.3 Å². The number of hydrogen-bond donors (Lipinski definition) is 2. The lowest BCUT2D eigenvalue weighted by molar-refractivity contribution is -0.123. The molecule has 0 aliphatic heterocycles. The van der Waals surface area contributed by atoms with Crippen molar-refractivity contribution >= 4 is 39.1 Å². The lowest BCUT2D eigenvalue weighted by Gasteiger charge is -2.18. The van der Waals surface area contributed by atoms with Gasteiger partial charge in [-0.2, -0.15) is 0 Å². The van der Waals surface area contributed by atoms with E-state index in [4.69, 9.17) is 4.74 Å². The molecule has 0 aliphatic rings. The Kier molecular flexibility index (Phi) is 6.42. The predicted octanol–water partition coefficient (Wildman–Crippen LogP) is 4.84. The highest BCUT2D eigenvalue weighted by Gasteiger charge is 2.21. The van der Waals surface area contributed by atoms with E-state index in [0.717, 1.165) is 4.47 Å². The van der Waals surface area contributed by atoms with Gasteiger partial charge < -0.3 is 15.4 Å². The summed E-state index contributed by atoms with van der Waals surface area (Å²) in [5, 5.41) is 5.64. The Morgan fingerprint density at radius 1 is 0.962 bits per heavy atom. The Bertz CT molecular complexity index is 782. The molecule has 0 spiro atoms. The minimum Gasteiger partial charge on any atom is -0.480 e. The van der Waals surface area contributed by atoms with Crippen LogP contribution in [-0.4, -0.2) is 17.9 Å². The van der Waals surface area contributed by atoms with Crippen LogP contribution < -0.4 is 15.4 Å². The third-order valence-electron chi connectivity index (χ3n) is 3.60. The standard InChI is InChI=1S/C20H23BrN2O3/c1-13(26-17-8-6-5-7-16(17)21)18(24)22-14-9-11-15(12-10-14)23-19(25)20(2,3)4/h5-13H,1-4H3,(H,22,24)(H,23,25). The molecule has 2 amide bonds. The van der Waals surface area contributed by atoms with Gasteiger partial charge >= 0.3 is 0 Å². The summed E-state index contributed by atoms with van der Waals surface area (Å²) in [6.07, 6.45) is -0.658. The van der Waals surface area contributed by atoms with Crippen LogP contribution in [0, 0.1) is 5.41 Å². The van der Waals surface area contributed by atoms with Crippen LogP contribution in [0.15, 0.2) is 53.0 Å². The van der Waals surface area contributed by atoms with Crippen molar-refractivity contribution in [3.8, 4) is 5.75 Å². The van der Waals surface area contributed by atoms with Crippen LogP contribution in [-0.2, 0) is 9.59 Å². The van der Waals surface area contributed by atoms with Crippen molar-refractivity contribution in [3.05, 3.63) is 53.0 Å². The number of hydrogen-bond acceptors (Lipinski definition) is 3. The SMILES string of the molecule is CC(Oc1ccccc1Br)C(=O)Nc1ccc(NC(=O)C(C)(C)C)cc1. The van der Waals surface area contributed by atoms with Crippen LogP contribution in [0.1, 0.15) is 27.7 Å². The molecule has 0 fully saturated rings. The monoisotopic (exact) mass is 418 g/mol. The maximum Gasteiger partial charge on any atom is 0.265 e. The minimum absolute atomic E-state index is 0.0651. The molecule has 5 nitrogen and oxygen atoms in total. The molecule has 0 bridgehead atoms. The fourth-order valence-corrected chi connectivity index (χ4v) is 2.36. The molecule has 1 atom stereocenters. The largest absolute Gasteiger partial charge is 0.480 e. The molecule has 2 aromatic carbocycles. The van der Waals surface area contributed by atoms with Gasteiger partial charge in [0.05, 0.1) is 4.47 Å². The average molecular weight is 419 g/mol. The summed E-state index contributed by atoms with van der Waals surface area (Å²) in [5.74, 6) is 0.285. The summed E-state index contributed by atoms with van der Waals surface area (Å²) in [5.41, 5.74) is 0.845. The van der Waals surface area contributed by atoms with Gasteiger partial charge in [0.15, 0.2) is 6.10 Å². The van der Waals surface area contributed by atoms with E-state index < -0.39 is 11.5 Å². The summed E-state index contributed by atoms with van der Waals surface area (Å²) in [7, 11) is 0. The van der Waals surface area contributed by atoms with E-state index >= 15 is 0 Å². The maximum atomic E-state index is 12.3. The van der Waals surface area contributed by atoms with Gasteiger partial charge in [-0.1, -0.05) is 32.9 Å². The van der Waals surface area contributed by atoms with Crippen LogP contribution in [0.3, 0.4) is 0 Å².